The number of allylic oxidation sites excluding steroid dienone is 8. The predicted octanol–water partition coefficient (Wildman–Crippen LogP) is 4.50. The predicted molar refractivity (Wildman–Crippen MR) is 77.6 cm³/mol. The average Bonchev–Trinajstić information content (AvgIpc) is 2.25. The van der Waals surface area contributed by atoms with Crippen LogP contribution in [0, 0.1) is 0 Å². The van der Waals surface area contributed by atoms with Gasteiger partial charge in [-0.1, -0.05) is 63.5 Å². The molecule has 16 heavy (non-hydrogen) atoms. The Morgan fingerprint density at radius 1 is 0.812 bits per heavy atom. The summed E-state index contributed by atoms with van der Waals surface area (Å²) < 4.78 is 0. The molecule has 0 rings (SSSR count). The van der Waals surface area contributed by atoms with Gasteiger partial charge in [0, 0.05) is 0 Å². The third-order valence-corrected chi connectivity index (χ3v) is 1.48. The highest BCUT2D eigenvalue weighted by Crippen LogP contribution is 2.10. The third kappa shape index (κ3) is 10.6. The SMILES string of the molecule is CC.[B]C(=C)/C=C\C(=C)C(=C)/C=C\C(=C)C. The smallest absolute Gasteiger partial charge is 0.106 e. The van der Waals surface area contributed by atoms with E-state index < -0.39 is 0 Å². The molecule has 0 aliphatic carbocycles. The molecule has 1 heteroatoms. The molecule has 0 bridgehead atoms. The minimum absolute atomic E-state index is 0.503. The summed E-state index contributed by atoms with van der Waals surface area (Å²) in [5.41, 5.74) is 3.13. The molecule has 0 saturated heterocycles. The Morgan fingerprint density at radius 3 is 1.50 bits per heavy atom. The van der Waals surface area contributed by atoms with Crippen molar-refractivity contribution < 1.29 is 0 Å². The fourth-order valence-electron chi connectivity index (χ4n) is 0.665. The Labute approximate surface area is 102 Å². The molecule has 0 aliphatic heterocycles. The van der Waals surface area contributed by atoms with Crippen molar-refractivity contribution in [1.82, 2.24) is 0 Å². The van der Waals surface area contributed by atoms with Crippen LogP contribution >= 0.6 is 0 Å². The maximum atomic E-state index is 5.38. The monoisotopic (exact) mass is 212 g/mol. The van der Waals surface area contributed by atoms with Gasteiger partial charge in [-0.05, 0) is 18.1 Å². The summed E-state index contributed by atoms with van der Waals surface area (Å²) in [4.78, 5) is 0. The molecule has 0 aromatic heterocycles. The molecule has 0 aliphatic rings. The van der Waals surface area contributed by atoms with Gasteiger partial charge in [-0.3, -0.25) is 0 Å². The lowest BCUT2D eigenvalue weighted by atomic mass is 9.96. The van der Waals surface area contributed by atoms with Gasteiger partial charge in [-0.2, -0.15) is 0 Å². The van der Waals surface area contributed by atoms with Crippen LogP contribution in [-0.4, -0.2) is 7.85 Å². The lowest BCUT2D eigenvalue weighted by Gasteiger charge is -1.98. The Morgan fingerprint density at radius 2 is 1.19 bits per heavy atom. The Kier molecular flexibility index (Phi) is 10.6. The topological polar surface area (TPSA) is 0 Å². The molecular weight excluding hydrogens is 191 g/mol. The standard InChI is InChI=1S/C13H15B.C2H6/c1-10(2)6-7-11(3)12(4)8-9-13(5)14;1-2/h6-9H,1,3-5H2,2H3;1-2H3/b7-6-,9-8-;. The summed E-state index contributed by atoms with van der Waals surface area (Å²) in [6, 6.07) is 0. The summed E-state index contributed by atoms with van der Waals surface area (Å²) in [6.07, 6.45) is 7.24. The first-order chi connectivity index (χ1) is 7.43. The third-order valence-electron chi connectivity index (χ3n) is 1.48. The second-order valence-electron chi connectivity index (χ2n) is 3.14. The molecule has 0 atom stereocenters. The van der Waals surface area contributed by atoms with E-state index in [9.17, 15) is 0 Å². The highest BCUT2D eigenvalue weighted by Gasteiger charge is 1.90. The van der Waals surface area contributed by atoms with Gasteiger partial charge in [0.2, 0.25) is 0 Å². The molecule has 0 aromatic rings. The van der Waals surface area contributed by atoms with Crippen molar-refractivity contribution >= 4 is 7.85 Å². The van der Waals surface area contributed by atoms with Crippen molar-refractivity contribution in [2.75, 3.05) is 0 Å². The van der Waals surface area contributed by atoms with Crippen molar-refractivity contribution in [3.63, 3.8) is 0 Å². The Hall–Kier alpha value is -1.50. The molecule has 0 heterocycles. The quantitative estimate of drug-likeness (QED) is 0.465. The van der Waals surface area contributed by atoms with Gasteiger partial charge in [-0.15, -0.1) is 12.1 Å². The first kappa shape index (κ1) is 16.9. The van der Waals surface area contributed by atoms with Gasteiger partial charge in [0.25, 0.3) is 0 Å². The molecule has 0 unspecified atom stereocenters. The lowest BCUT2D eigenvalue weighted by molar-refractivity contribution is 1.50. The molecule has 0 amide bonds. The van der Waals surface area contributed by atoms with Crippen molar-refractivity contribution in [1.29, 1.82) is 0 Å². The highest BCUT2D eigenvalue weighted by atomic mass is 13.9. The molecule has 0 saturated carbocycles. The molecule has 0 N–H and O–H groups in total. The fourth-order valence-corrected chi connectivity index (χ4v) is 0.665. The summed E-state index contributed by atoms with van der Waals surface area (Å²) in [5.74, 6) is 0. The molecule has 84 valence electrons. The molecule has 0 aromatic carbocycles. The Bertz CT molecular complexity index is 293. The summed E-state index contributed by atoms with van der Waals surface area (Å²) in [5, 5.41) is 0. The molecule has 0 nitrogen and oxygen atoms in total. The zero-order valence-electron chi connectivity index (χ0n) is 10.7. The van der Waals surface area contributed by atoms with E-state index in [0.29, 0.717) is 5.47 Å². The molecule has 0 spiro atoms. The van der Waals surface area contributed by atoms with E-state index in [1.54, 1.807) is 12.2 Å². The van der Waals surface area contributed by atoms with Crippen LogP contribution in [0.3, 0.4) is 0 Å². The highest BCUT2D eigenvalue weighted by molar-refractivity contribution is 6.23. The second kappa shape index (κ2) is 10.0. The molecule has 0 fully saturated rings. The first-order valence-electron chi connectivity index (χ1n) is 5.27. The zero-order valence-corrected chi connectivity index (χ0v) is 10.7. The van der Waals surface area contributed by atoms with Crippen molar-refractivity contribution in [2.45, 2.75) is 20.8 Å². The van der Waals surface area contributed by atoms with Crippen LogP contribution in [0.1, 0.15) is 20.8 Å². The lowest BCUT2D eigenvalue weighted by Crippen LogP contribution is -1.79. The summed E-state index contributed by atoms with van der Waals surface area (Å²) in [7, 11) is 5.38. The summed E-state index contributed by atoms with van der Waals surface area (Å²) in [6.45, 7) is 20.9. The Balaban J connectivity index is 0. The van der Waals surface area contributed by atoms with Crippen molar-refractivity contribution in [2.24, 2.45) is 0 Å². The van der Waals surface area contributed by atoms with E-state index in [4.69, 9.17) is 7.85 Å². The average molecular weight is 212 g/mol. The van der Waals surface area contributed by atoms with Crippen LogP contribution in [-0.2, 0) is 0 Å². The minimum Gasteiger partial charge on any atom is -0.106 e. The van der Waals surface area contributed by atoms with Gasteiger partial charge < -0.3 is 0 Å². The van der Waals surface area contributed by atoms with E-state index in [2.05, 4.69) is 26.3 Å². The number of rotatable bonds is 5. The maximum Gasteiger partial charge on any atom is 0.112 e. The van der Waals surface area contributed by atoms with Gasteiger partial charge in [0.15, 0.2) is 0 Å². The van der Waals surface area contributed by atoms with Crippen LogP contribution in [0.5, 0.6) is 0 Å². The van der Waals surface area contributed by atoms with E-state index >= 15 is 0 Å². The molecular formula is C15H21B. The van der Waals surface area contributed by atoms with Gasteiger partial charge in [0.1, 0.15) is 7.85 Å². The molecule has 2 radical (unpaired) electrons. The van der Waals surface area contributed by atoms with E-state index in [0.717, 1.165) is 16.7 Å². The van der Waals surface area contributed by atoms with E-state index in [1.807, 2.05) is 32.9 Å². The first-order valence-corrected chi connectivity index (χ1v) is 5.27. The maximum absolute atomic E-state index is 5.38. The van der Waals surface area contributed by atoms with Crippen LogP contribution < -0.4 is 0 Å². The minimum atomic E-state index is 0.503. The van der Waals surface area contributed by atoms with Crippen LogP contribution in [0.15, 0.2) is 72.8 Å². The van der Waals surface area contributed by atoms with Crippen molar-refractivity contribution in [3.05, 3.63) is 72.8 Å². The van der Waals surface area contributed by atoms with Gasteiger partial charge in [0.05, 0.1) is 0 Å². The van der Waals surface area contributed by atoms with Gasteiger partial charge in [-0.25, -0.2) is 0 Å². The fraction of sp³-hybridized carbons (Fsp3) is 0.200. The van der Waals surface area contributed by atoms with Crippen LogP contribution in [0.25, 0.3) is 0 Å². The van der Waals surface area contributed by atoms with Crippen LogP contribution in [0.2, 0.25) is 0 Å². The van der Waals surface area contributed by atoms with Gasteiger partial charge >= 0.3 is 0 Å². The van der Waals surface area contributed by atoms with E-state index in [1.165, 1.54) is 0 Å². The second-order valence-corrected chi connectivity index (χ2v) is 3.14. The van der Waals surface area contributed by atoms with Crippen molar-refractivity contribution in [3.8, 4) is 0 Å². The zero-order chi connectivity index (χ0) is 13.1. The van der Waals surface area contributed by atoms with E-state index in [-0.39, 0.29) is 0 Å². The van der Waals surface area contributed by atoms with Crippen LogP contribution in [0.4, 0.5) is 0 Å². The number of hydrogen-bond acceptors (Lipinski definition) is 0. The normalized spacial score (nSPS) is 9.69. The summed E-state index contributed by atoms with van der Waals surface area (Å²) >= 11 is 0. The number of hydrogen-bond donors (Lipinski definition) is 0. The largest absolute Gasteiger partial charge is 0.112 e.